The number of rotatable bonds is 14. The van der Waals surface area contributed by atoms with Gasteiger partial charge in [-0.15, -0.1) is 0 Å². The van der Waals surface area contributed by atoms with E-state index in [1.54, 1.807) is 4.90 Å². The van der Waals surface area contributed by atoms with E-state index in [1.807, 2.05) is 0 Å². The molecule has 0 saturated heterocycles. The quantitative estimate of drug-likeness (QED) is 0.171. The number of unbranched alkanes of at least 4 members (excludes halogenated alkanes) is 5. The second-order valence-corrected chi connectivity index (χ2v) is 5.23. The molecular formula is C15H29LiN2O4. The molecule has 0 unspecified atom stereocenters. The molecule has 0 fully saturated rings. The number of carboxylic acids is 1. The molecule has 0 aliphatic rings. The van der Waals surface area contributed by atoms with Gasteiger partial charge in [0.25, 0.3) is 0 Å². The fourth-order valence-electron chi connectivity index (χ4n) is 1.98. The molecule has 0 aliphatic heterocycles. The Morgan fingerprint density at radius 1 is 1.14 bits per heavy atom. The monoisotopic (exact) mass is 308 g/mol. The van der Waals surface area contributed by atoms with Crippen LogP contribution >= 0.6 is 0 Å². The molecule has 0 aromatic carbocycles. The van der Waals surface area contributed by atoms with Crippen LogP contribution in [0.3, 0.4) is 0 Å². The number of aliphatic hydroxyl groups is 1. The maximum absolute atomic E-state index is 11.6. The first-order valence-electron chi connectivity index (χ1n) is 7.85. The zero-order valence-corrected chi connectivity index (χ0v) is 14.1. The van der Waals surface area contributed by atoms with Crippen molar-refractivity contribution in [2.24, 2.45) is 4.99 Å². The number of carboxylic acid groups (broad SMARTS) is 1. The van der Waals surface area contributed by atoms with E-state index in [1.165, 1.54) is 12.8 Å². The van der Waals surface area contributed by atoms with Crippen LogP contribution in [0.1, 0.15) is 58.3 Å². The van der Waals surface area contributed by atoms with Crippen LogP contribution in [0.25, 0.3) is 0 Å². The first-order chi connectivity index (χ1) is 10.1. The first kappa shape index (κ1) is 23.7. The van der Waals surface area contributed by atoms with Gasteiger partial charge in [0.05, 0.1) is 13.2 Å². The van der Waals surface area contributed by atoms with E-state index >= 15 is 0 Å². The number of aliphatic imine (C=N–C) groups is 1. The van der Waals surface area contributed by atoms with Gasteiger partial charge in [0.1, 0.15) is 0 Å². The smallest absolute Gasteiger partial charge is 0.862 e. The standard InChI is InChI=1S/C15H30N2O4.Li/c1-2-3-4-5-6-9-14(19)16-13-17(12-15(20)21)10-7-8-11-18;/h18H,2-13H2,1H3,(H,16,19)(H,20,21);/q;+1/p-1. The Labute approximate surface area is 145 Å². The third kappa shape index (κ3) is 15.8. The summed E-state index contributed by atoms with van der Waals surface area (Å²) in [5.74, 6) is -1.08. The van der Waals surface area contributed by atoms with E-state index in [-0.39, 0.29) is 44.6 Å². The summed E-state index contributed by atoms with van der Waals surface area (Å²) < 4.78 is 0. The van der Waals surface area contributed by atoms with Crippen LogP contribution in [0.15, 0.2) is 4.99 Å². The fraction of sp³-hybridized carbons (Fsp3) is 0.867. The molecule has 124 valence electrons. The van der Waals surface area contributed by atoms with Crippen molar-refractivity contribution in [2.75, 3.05) is 26.4 Å². The van der Waals surface area contributed by atoms with Crippen LogP contribution in [0.2, 0.25) is 0 Å². The van der Waals surface area contributed by atoms with E-state index < -0.39 is 5.97 Å². The number of hydrogen-bond acceptors (Lipinski definition) is 5. The van der Waals surface area contributed by atoms with Crippen LogP contribution in [0.5, 0.6) is 0 Å². The zero-order chi connectivity index (χ0) is 15.9. The number of aliphatic hydroxyl groups excluding tert-OH is 1. The molecule has 0 amide bonds. The molecule has 0 radical (unpaired) electrons. The maximum atomic E-state index is 11.6. The van der Waals surface area contributed by atoms with Crippen LogP contribution in [0.4, 0.5) is 0 Å². The molecule has 2 N–H and O–H groups in total. The average Bonchev–Trinajstić information content (AvgIpc) is 2.44. The van der Waals surface area contributed by atoms with Gasteiger partial charge < -0.3 is 15.3 Å². The summed E-state index contributed by atoms with van der Waals surface area (Å²) in [4.78, 5) is 16.3. The van der Waals surface area contributed by atoms with Gasteiger partial charge in [-0.1, -0.05) is 32.6 Å². The molecule has 0 spiro atoms. The predicted molar refractivity (Wildman–Crippen MR) is 81.2 cm³/mol. The molecule has 22 heavy (non-hydrogen) atoms. The third-order valence-electron chi connectivity index (χ3n) is 3.18. The van der Waals surface area contributed by atoms with Gasteiger partial charge in [-0.25, -0.2) is 0 Å². The summed E-state index contributed by atoms with van der Waals surface area (Å²) in [6.45, 7) is 2.77. The number of nitrogens with zero attached hydrogens (tertiary/aromatic N) is 2. The van der Waals surface area contributed by atoms with Gasteiger partial charge in [-0.2, -0.15) is 0 Å². The fourth-order valence-corrected chi connectivity index (χ4v) is 1.98. The van der Waals surface area contributed by atoms with Crippen molar-refractivity contribution in [2.45, 2.75) is 58.3 Å². The van der Waals surface area contributed by atoms with Gasteiger partial charge in [-0.05, 0) is 31.6 Å². The molecular weight excluding hydrogens is 279 g/mol. The zero-order valence-electron chi connectivity index (χ0n) is 14.1. The molecule has 0 heterocycles. The maximum Gasteiger partial charge on any atom is 1.00 e. The molecule has 0 aliphatic carbocycles. The Balaban J connectivity index is 0. The topological polar surface area (TPSA) is 96.2 Å². The van der Waals surface area contributed by atoms with E-state index in [2.05, 4.69) is 11.9 Å². The number of carbonyl (C=O) groups is 1. The van der Waals surface area contributed by atoms with Gasteiger partial charge in [0.15, 0.2) is 0 Å². The Bertz CT molecular complexity index is 301. The van der Waals surface area contributed by atoms with Crippen LogP contribution in [-0.2, 0) is 4.79 Å². The van der Waals surface area contributed by atoms with Crippen molar-refractivity contribution < 1.29 is 39.0 Å². The second-order valence-electron chi connectivity index (χ2n) is 5.23. The van der Waals surface area contributed by atoms with Crippen molar-refractivity contribution in [3.05, 3.63) is 0 Å². The van der Waals surface area contributed by atoms with Crippen molar-refractivity contribution in [1.82, 2.24) is 4.90 Å². The van der Waals surface area contributed by atoms with Crippen LogP contribution in [-0.4, -0.2) is 53.3 Å². The average molecular weight is 308 g/mol. The first-order valence-corrected chi connectivity index (χ1v) is 7.85. The van der Waals surface area contributed by atoms with E-state index in [4.69, 9.17) is 10.2 Å². The molecule has 0 aromatic rings. The Morgan fingerprint density at radius 2 is 1.82 bits per heavy atom. The molecule has 0 bridgehead atoms. The molecule has 0 aromatic heterocycles. The van der Waals surface area contributed by atoms with Gasteiger partial charge in [0.2, 0.25) is 0 Å². The van der Waals surface area contributed by atoms with Crippen molar-refractivity contribution in [3.8, 4) is 0 Å². The summed E-state index contributed by atoms with van der Waals surface area (Å²) in [6.07, 6.45) is 7.19. The Kier molecular flexibility index (Phi) is 18.1. The largest absolute Gasteiger partial charge is 1.00 e. The summed E-state index contributed by atoms with van der Waals surface area (Å²) >= 11 is 0. The number of hydrogen-bond donors (Lipinski definition) is 2. The molecule has 7 heteroatoms. The van der Waals surface area contributed by atoms with Crippen LogP contribution < -0.4 is 24.0 Å². The summed E-state index contributed by atoms with van der Waals surface area (Å²) in [5.41, 5.74) is 0. The van der Waals surface area contributed by atoms with Gasteiger partial charge in [0, 0.05) is 13.2 Å². The van der Waals surface area contributed by atoms with Crippen LogP contribution in [0, 0.1) is 0 Å². The molecule has 0 saturated carbocycles. The van der Waals surface area contributed by atoms with Crippen molar-refractivity contribution in [3.63, 3.8) is 0 Å². The van der Waals surface area contributed by atoms with E-state index in [0.29, 0.717) is 25.8 Å². The molecule has 6 nitrogen and oxygen atoms in total. The van der Waals surface area contributed by atoms with Gasteiger partial charge in [-0.3, -0.25) is 14.7 Å². The van der Waals surface area contributed by atoms with E-state index in [9.17, 15) is 9.90 Å². The predicted octanol–water partition coefficient (Wildman–Crippen LogP) is -1.77. The summed E-state index contributed by atoms with van der Waals surface area (Å²) in [6, 6.07) is 0. The summed E-state index contributed by atoms with van der Waals surface area (Å²) in [7, 11) is 0. The third-order valence-corrected chi connectivity index (χ3v) is 3.18. The second kappa shape index (κ2) is 16.8. The SMILES string of the molecule is CCCCCCCC([O-])=NCN(CCCCO)CC(=O)O.[Li+]. The Hall–Kier alpha value is -0.543. The minimum absolute atomic E-state index is 0. The van der Waals surface area contributed by atoms with Crippen molar-refractivity contribution in [1.29, 1.82) is 0 Å². The van der Waals surface area contributed by atoms with Gasteiger partial charge >= 0.3 is 24.8 Å². The minimum atomic E-state index is -0.929. The molecule has 0 rings (SSSR count). The van der Waals surface area contributed by atoms with E-state index in [0.717, 1.165) is 19.3 Å². The summed E-state index contributed by atoms with van der Waals surface area (Å²) in [5, 5.41) is 29.2. The van der Waals surface area contributed by atoms with Crippen molar-refractivity contribution >= 4 is 11.9 Å². The normalized spacial score (nSPS) is 11.5. The molecule has 0 atom stereocenters. The number of aliphatic carboxylic acids is 1. The Morgan fingerprint density at radius 3 is 2.41 bits per heavy atom. The minimum Gasteiger partial charge on any atom is -0.862 e.